The summed E-state index contributed by atoms with van der Waals surface area (Å²) in [5.74, 6) is 0.998. The minimum absolute atomic E-state index is 0.0165. The summed E-state index contributed by atoms with van der Waals surface area (Å²) in [6.45, 7) is 3.77. The molecule has 4 N–H and O–H groups in total. The number of urea groups is 1. The molecule has 2 heterocycles. The molecule has 0 aliphatic carbocycles. The molecule has 29 heavy (non-hydrogen) atoms. The summed E-state index contributed by atoms with van der Waals surface area (Å²) in [4.78, 5) is 35.1. The highest BCUT2D eigenvalue weighted by Crippen LogP contribution is 2.33. The Balaban J connectivity index is 1.35. The van der Waals surface area contributed by atoms with E-state index < -0.39 is 0 Å². The van der Waals surface area contributed by atoms with Gasteiger partial charge in [-0.15, -0.1) is 0 Å². The van der Waals surface area contributed by atoms with Gasteiger partial charge in [0.15, 0.2) is 0 Å². The number of carbonyl (C=O) groups is 3. The van der Waals surface area contributed by atoms with Crippen LogP contribution in [0.25, 0.3) is 0 Å². The number of hydrogen-bond donors (Lipinski definition) is 4. The number of amides is 4. The van der Waals surface area contributed by atoms with Crippen LogP contribution in [0.15, 0.2) is 24.3 Å². The molecule has 0 saturated carbocycles. The number of unbranched alkanes of at least 4 members (excludes halogenated alkanes) is 1. The molecule has 1 aromatic carbocycles. The summed E-state index contributed by atoms with van der Waals surface area (Å²) < 4.78 is 0. The molecular weight excluding hydrogens is 388 g/mol. The summed E-state index contributed by atoms with van der Waals surface area (Å²) in [6.07, 6.45) is 3.79. The standard InChI is InChI=1S/C21H30N4O3S/c1-3-18(26)23-15-10-8-14(9-11-15)13(2)22-19(27)7-5-4-6-17-20-16(12-29-17)24-21(28)25-20/h8-11,13,16-17,20H,3-7,12H2,1-2H3,(H,22,27)(H,23,26)(H2,24,25,28)/t13-,16+,17+,20+/m1/s1. The minimum Gasteiger partial charge on any atom is -0.350 e. The molecule has 2 fully saturated rings. The molecule has 8 heteroatoms. The number of rotatable bonds is 9. The Labute approximate surface area is 176 Å². The zero-order valence-corrected chi connectivity index (χ0v) is 17.8. The van der Waals surface area contributed by atoms with Crippen LogP contribution in [0.1, 0.15) is 57.6 Å². The Morgan fingerprint density at radius 3 is 2.66 bits per heavy atom. The van der Waals surface area contributed by atoms with Gasteiger partial charge in [0, 0.05) is 29.5 Å². The molecule has 0 bridgehead atoms. The molecule has 2 saturated heterocycles. The van der Waals surface area contributed by atoms with Gasteiger partial charge in [0.2, 0.25) is 11.8 Å². The molecule has 7 nitrogen and oxygen atoms in total. The van der Waals surface area contributed by atoms with E-state index in [9.17, 15) is 14.4 Å². The van der Waals surface area contributed by atoms with Gasteiger partial charge in [0.25, 0.3) is 0 Å². The lowest BCUT2D eigenvalue weighted by molar-refractivity contribution is -0.121. The first-order chi connectivity index (χ1) is 14.0. The molecule has 3 rings (SSSR count). The van der Waals surface area contributed by atoms with Gasteiger partial charge >= 0.3 is 6.03 Å². The molecule has 158 valence electrons. The predicted molar refractivity (Wildman–Crippen MR) is 116 cm³/mol. The van der Waals surface area contributed by atoms with Gasteiger partial charge in [-0.25, -0.2) is 4.79 Å². The van der Waals surface area contributed by atoms with Gasteiger partial charge in [-0.2, -0.15) is 11.8 Å². The van der Waals surface area contributed by atoms with E-state index in [-0.39, 0.29) is 36.0 Å². The Kier molecular flexibility index (Phi) is 7.41. The largest absolute Gasteiger partial charge is 0.350 e. The highest BCUT2D eigenvalue weighted by atomic mass is 32.2. The van der Waals surface area contributed by atoms with Gasteiger partial charge in [-0.05, 0) is 37.5 Å². The van der Waals surface area contributed by atoms with Gasteiger partial charge < -0.3 is 21.3 Å². The van der Waals surface area contributed by atoms with Crippen molar-refractivity contribution in [1.29, 1.82) is 0 Å². The molecule has 4 atom stereocenters. The summed E-state index contributed by atoms with van der Waals surface area (Å²) in [5.41, 5.74) is 1.77. The molecule has 2 aliphatic rings. The molecule has 2 aliphatic heterocycles. The number of anilines is 1. The fourth-order valence-corrected chi connectivity index (χ4v) is 5.32. The van der Waals surface area contributed by atoms with Crippen LogP contribution >= 0.6 is 11.8 Å². The van der Waals surface area contributed by atoms with E-state index in [0.717, 1.165) is 36.3 Å². The Morgan fingerprint density at radius 2 is 1.93 bits per heavy atom. The lowest BCUT2D eigenvalue weighted by atomic mass is 10.0. The van der Waals surface area contributed by atoms with Crippen molar-refractivity contribution in [2.75, 3.05) is 11.1 Å². The molecular formula is C21H30N4O3S. The van der Waals surface area contributed by atoms with E-state index in [4.69, 9.17) is 0 Å². The average molecular weight is 419 g/mol. The Hall–Kier alpha value is -2.22. The van der Waals surface area contributed by atoms with Crippen molar-refractivity contribution in [2.45, 2.75) is 69.3 Å². The van der Waals surface area contributed by atoms with Crippen LogP contribution in [-0.2, 0) is 9.59 Å². The third kappa shape index (κ3) is 5.88. The number of nitrogens with one attached hydrogen (secondary N) is 4. The van der Waals surface area contributed by atoms with Crippen molar-refractivity contribution in [3.05, 3.63) is 29.8 Å². The van der Waals surface area contributed by atoms with Crippen molar-refractivity contribution < 1.29 is 14.4 Å². The van der Waals surface area contributed by atoms with Crippen LogP contribution in [0.2, 0.25) is 0 Å². The summed E-state index contributed by atoms with van der Waals surface area (Å²) in [6, 6.07) is 7.91. The van der Waals surface area contributed by atoms with Crippen LogP contribution in [0.3, 0.4) is 0 Å². The third-order valence-electron chi connectivity index (χ3n) is 5.47. The number of fused-ring (bicyclic) bond motifs is 1. The van der Waals surface area contributed by atoms with E-state index >= 15 is 0 Å². The van der Waals surface area contributed by atoms with Crippen LogP contribution in [0, 0.1) is 0 Å². The number of thioether (sulfide) groups is 1. The van der Waals surface area contributed by atoms with Crippen LogP contribution < -0.4 is 21.3 Å². The van der Waals surface area contributed by atoms with Crippen molar-refractivity contribution in [3.8, 4) is 0 Å². The third-order valence-corrected chi connectivity index (χ3v) is 6.98. The molecule has 0 radical (unpaired) electrons. The van der Waals surface area contributed by atoms with Crippen molar-refractivity contribution in [2.24, 2.45) is 0 Å². The minimum atomic E-state index is -0.0793. The van der Waals surface area contributed by atoms with Crippen LogP contribution in [-0.4, -0.2) is 40.9 Å². The SMILES string of the molecule is CCC(=O)Nc1ccc([C@@H](C)NC(=O)CCCC[C@@H]2SC[C@@H]3NC(=O)N[C@@H]32)cc1. The first-order valence-corrected chi connectivity index (χ1v) is 11.4. The second-order valence-corrected chi connectivity index (χ2v) is 8.95. The predicted octanol–water partition coefficient (Wildman–Crippen LogP) is 2.94. The second kappa shape index (κ2) is 10.0. The van der Waals surface area contributed by atoms with Gasteiger partial charge in [-0.1, -0.05) is 25.5 Å². The number of hydrogen-bond acceptors (Lipinski definition) is 4. The highest BCUT2D eigenvalue weighted by molar-refractivity contribution is 8.00. The number of benzene rings is 1. The number of carbonyl (C=O) groups excluding carboxylic acids is 3. The first kappa shape index (κ1) is 21.5. The summed E-state index contributed by atoms with van der Waals surface area (Å²) in [7, 11) is 0. The maximum Gasteiger partial charge on any atom is 0.315 e. The molecule has 4 amide bonds. The van der Waals surface area contributed by atoms with E-state index in [1.807, 2.05) is 49.9 Å². The van der Waals surface area contributed by atoms with Crippen LogP contribution in [0.5, 0.6) is 0 Å². The Bertz CT molecular complexity index is 740. The van der Waals surface area contributed by atoms with Gasteiger partial charge in [0.05, 0.1) is 18.1 Å². The normalized spacial score (nSPS) is 23.7. The van der Waals surface area contributed by atoms with Crippen molar-refractivity contribution in [1.82, 2.24) is 16.0 Å². The maximum absolute atomic E-state index is 12.3. The van der Waals surface area contributed by atoms with E-state index in [1.54, 1.807) is 0 Å². The molecule has 0 spiro atoms. The highest BCUT2D eigenvalue weighted by Gasteiger charge is 2.42. The first-order valence-electron chi connectivity index (χ1n) is 10.3. The lowest BCUT2D eigenvalue weighted by Gasteiger charge is -2.17. The van der Waals surface area contributed by atoms with Crippen molar-refractivity contribution >= 4 is 35.3 Å². The van der Waals surface area contributed by atoms with Gasteiger partial charge in [0.1, 0.15) is 0 Å². The van der Waals surface area contributed by atoms with E-state index in [0.29, 0.717) is 18.1 Å². The fourth-order valence-electron chi connectivity index (χ4n) is 3.78. The zero-order valence-electron chi connectivity index (χ0n) is 17.0. The summed E-state index contributed by atoms with van der Waals surface area (Å²) >= 11 is 1.91. The van der Waals surface area contributed by atoms with Gasteiger partial charge in [-0.3, -0.25) is 9.59 Å². The maximum atomic E-state index is 12.3. The quantitative estimate of drug-likeness (QED) is 0.366. The monoisotopic (exact) mass is 418 g/mol. The van der Waals surface area contributed by atoms with E-state index in [2.05, 4.69) is 21.3 Å². The molecule has 1 aromatic rings. The average Bonchev–Trinajstić information content (AvgIpc) is 3.25. The molecule has 0 unspecified atom stereocenters. The second-order valence-electron chi connectivity index (χ2n) is 7.68. The van der Waals surface area contributed by atoms with E-state index in [1.165, 1.54) is 0 Å². The molecule has 0 aromatic heterocycles. The van der Waals surface area contributed by atoms with Crippen LogP contribution in [0.4, 0.5) is 10.5 Å². The summed E-state index contributed by atoms with van der Waals surface area (Å²) in [5, 5.41) is 12.3. The van der Waals surface area contributed by atoms with Crippen molar-refractivity contribution in [3.63, 3.8) is 0 Å². The topological polar surface area (TPSA) is 99.3 Å². The lowest BCUT2D eigenvalue weighted by Crippen LogP contribution is -2.36. The smallest absolute Gasteiger partial charge is 0.315 e. The Morgan fingerprint density at radius 1 is 1.17 bits per heavy atom. The zero-order chi connectivity index (χ0) is 20.8. The fraction of sp³-hybridized carbons (Fsp3) is 0.571.